The molecule has 2 saturated carbocycles. The molecule has 0 radical (unpaired) electrons. The first-order valence-electron chi connectivity index (χ1n) is 9.75. The summed E-state index contributed by atoms with van der Waals surface area (Å²) in [5.74, 6) is 1.06. The Labute approximate surface area is 140 Å². The number of hydrogen-bond donors (Lipinski definition) is 2. The van der Waals surface area contributed by atoms with Crippen LogP contribution in [-0.4, -0.2) is 33.7 Å². The predicted octanol–water partition coefficient (Wildman–Crippen LogP) is 3.74. The van der Waals surface area contributed by atoms with Crippen molar-refractivity contribution in [3.05, 3.63) is 0 Å². The van der Waals surface area contributed by atoms with E-state index in [1.54, 1.807) is 0 Å². The molecular weight excluding hydrogens is 288 g/mol. The Hall–Kier alpha value is -0.610. The van der Waals surface area contributed by atoms with E-state index < -0.39 is 5.97 Å². The zero-order chi connectivity index (χ0) is 16.4. The van der Waals surface area contributed by atoms with Crippen LogP contribution in [0, 0.1) is 11.8 Å². The molecule has 4 fully saturated rings. The van der Waals surface area contributed by atoms with E-state index in [9.17, 15) is 0 Å². The van der Waals surface area contributed by atoms with Crippen LogP contribution in [0.25, 0.3) is 0 Å². The molecule has 132 valence electrons. The first-order valence-corrected chi connectivity index (χ1v) is 9.75. The van der Waals surface area contributed by atoms with Crippen molar-refractivity contribution < 1.29 is 9.90 Å². The molecule has 2 saturated heterocycles. The fourth-order valence-electron chi connectivity index (χ4n) is 6.12. The number of rotatable bonds is 1. The highest BCUT2D eigenvalue weighted by Crippen LogP contribution is 2.48. The summed E-state index contributed by atoms with van der Waals surface area (Å²) in [5.41, 5.74) is 7.11. The van der Waals surface area contributed by atoms with Crippen molar-refractivity contribution in [3.63, 3.8) is 0 Å². The van der Waals surface area contributed by atoms with Crippen LogP contribution in [0.2, 0.25) is 0 Å². The van der Waals surface area contributed by atoms with Gasteiger partial charge in [0, 0.05) is 19.0 Å². The van der Waals surface area contributed by atoms with Crippen molar-refractivity contribution >= 4 is 5.97 Å². The molecule has 2 aliphatic heterocycles. The summed E-state index contributed by atoms with van der Waals surface area (Å²) in [7, 11) is 0. The number of nitrogens with two attached hydrogens (primary N) is 1. The Morgan fingerprint density at radius 1 is 0.957 bits per heavy atom. The van der Waals surface area contributed by atoms with Crippen LogP contribution in [0.15, 0.2) is 0 Å². The van der Waals surface area contributed by atoms with E-state index in [1.165, 1.54) is 77.0 Å². The second kappa shape index (κ2) is 7.10. The number of carboxylic acids is 1. The van der Waals surface area contributed by atoms with E-state index in [2.05, 4.69) is 4.90 Å². The van der Waals surface area contributed by atoms with Gasteiger partial charge in [-0.05, 0) is 56.8 Å². The number of piperidine rings is 2. The van der Waals surface area contributed by atoms with Crippen molar-refractivity contribution in [3.8, 4) is 0 Å². The van der Waals surface area contributed by atoms with Crippen LogP contribution in [0.5, 0.6) is 0 Å². The normalized spacial score (nSPS) is 43.2. The van der Waals surface area contributed by atoms with Gasteiger partial charge in [-0.25, -0.2) is 0 Å². The van der Waals surface area contributed by atoms with Crippen molar-refractivity contribution in [2.45, 2.75) is 102 Å². The van der Waals surface area contributed by atoms with Gasteiger partial charge in [0.05, 0.1) is 5.66 Å². The quantitative estimate of drug-likeness (QED) is 0.772. The minimum atomic E-state index is -0.833. The Balaban J connectivity index is 0.000000354. The van der Waals surface area contributed by atoms with E-state index in [-0.39, 0.29) is 5.66 Å². The number of fused-ring (bicyclic) bond motifs is 4. The van der Waals surface area contributed by atoms with Crippen molar-refractivity contribution in [1.29, 1.82) is 0 Å². The Morgan fingerprint density at radius 2 is 1.35 bits per heavy atom. The fourth-order valence-corrected chi connectivity index (χ4v) is 6.12. The number of nitrogens with zero attached hydrogens (tertiary/aromatic N) is 1. The van der Waals surface area contributed by atoms with Gasteiger partial charge in [0.25, 0.3) is 5.97 Å². The summed E-state index contributed by atoms with van der Waals surface area (Å²) in [5, 5.41) is 7.42. The van der Waals surface area contributed by atoms with Gasteiger partial charge in [0.1, 0.15) is 0 Å². The summed E-state index contributed by atoms with van der Waals surface area (Å²) in [6.07, 6.45) is 17.1. The zero-order valence-corrected chi connectivity index (χ0v) is 14.7. The van der Waals surface area contributed by atoms with Gasteiger partial charge in [0.2, 0.25) is 0 Å². The van der Waals surface area contributed by atoms with Gasteiger partial charge >= 0.3 is 0 Å². The van der Waals surface area contributed by atoms with Gasteiger partial charge in [-0.3, -0.25) is 9.69 Å². The van der Waals surface area contributed by atoms with E-state index in [4.69, 9.17) is 15.6 Å². The summed E-state index contributed by atoms with van der Waals surface area (Å²) in [6, 6.07) is 1.66. The molecule has 4 nitrogen and oxygen atoms in total. The molecular formula is C19H34N2O2. The Bertz CT molecular complexity index is 388. The summed E-state index contributed by atoms with van der Waals surface area (Å²) in [4.78, 5) is 11.9. The maximum Gasteiger partial charge on any atom is 0.300 e. The molecule has 2 aliphatic carbocycles. The van der Waals surface area contributed by atoms with Gasteiger partial charge < -0.3 is 10.8 Å². The van der Waals surface area contributed by atoms with Crippen LogP contribution in [0.1, 0.15) is 84.0 Å². The smallest absolute Gasteiger partial charge is 0.300 e. The van der Waals surface area contributed by atoms with Gasteiger partial charge in [0.15, 0.2) is 0 Å². The molecule has 4 aliphatic rings. The number of carbonyl (C=O) groups is 1. The number of hydrogen-bond acceptors (Lipinski definition) is 3. The SMILES string of the molecule is CC(=O)O.N[C@]1(N2[C@H]3CCC[C@H]2CCC3)C[C@@H]2CCC[C@@H](C2)C1. The minimum Gasteiger partial charge on any atom is -0.481 e. The highest BCUT2D eigenvalue weighted by atomic mass is 16.4. The van der Waals surface area contributed by atoms with Crippen LogP contribution in [0.3, 0.4) is 0 Å². The van der Waals surface area contributed by atoms with Crippen LogP contribution in [-0.2, 0) is 4.79 Å². The zero-order valence-electron chi connectivity index (χ0n) is 14.7. The third kappa shape index (κ3) is 3.90. The molecule has 3 N–H and O–H groups in total. The average molecular weight is 322 g/mol. The molecule has 0 aromatic heterocycles. The largest absolute Gasteiger partial charge is 0.481 e. The van der Waals surface area contributed by atoms with E-state index >= 15 is 0 Å². The lowest BCUT2D eigenvalue weighted by molar-refractivity contribution is -0.134. The van der Waals surface area contributed by atoms with Gasteiger partial charge in [-0.1, -0.05) is 32.1 Å². The molecule has 0 spiro atoms. The molecule has 4 bridgehead atoms. The van der Waals surface area contributed by atoms with E-state index in [1.807, 2.05) is 0 Å². The Morgan fingerprint density at radius 3 is 1.78 bits per heavy atom. The molecule has 0 amide bonds. The van der Waals surface area contributed by atoms with Crippen molar-refractivity contribution in [2.75, 3.05) is 0 Å². The average Bonchev–Trinajstić information content (AvgIpc) is 2.45. The molecule has 4 rings (SSSR count). The lowest BCUT2D eigenvalue weighted by atomic mass is 9.66. The van der Waals surface area contributed by atoms with Gasteiger partial charge in [-0.15, -0.1) is 0 Å². The first-order chi connectivity index (χ1) is 11.0. The number of carboxylic acid groups (broad SMARTS) is 1. The molecule has 2 heterocycles. The lowest BCUT2D eigenvalue weighted by Crippen LogP contribution is -2.68. The monoisotopic (exact) mass is 322 g/mol. The van der Waals surface area contributed by atoms with Crippen LogP contribution < -0.4 is 5.73 Å². The topological polar surface area (TPSA) is 66.6 Å². The minimum absolute atomic E-state index is 0.0736. The molecule has 4 heteroatoms. The Kier molecular flexibility index (Phi) is 5.32. The van der Waals surface area contributed by atoms with Crippen LogP contribution in [0.4, 0.5) is 0 Å². The molecule has 3 atom stereocenters. The van der Waals surface area contributed by atoms with Crippen LogP contribution >= 0.6 is 0 Å². The predicted molar refractivity (Wildman–Crippen MR) is 92.0 cm³/mol. The standard InChI is InChI=1S/C17H30N2.C2H4O2/c18-17(11-13-4-1-5-14(10-13)12-17)19-15-6-2-7-16(19)9-3-8-15;1-2(3)4/h13-16H,1-12,18H2;1H3,(H,3,4)/t13-,14+,15-,16-,17+;. The van der Waals surface area contributed by atoms with Crippen molar-refractivity contribution in [1.82, 2.24) is 4.90 Å². The second-order valence-corrected chi connectivity index (χ2v) is 8.51. The second-order valence-electron chi connectivity index (χ2n) is 8.51. The summed E-state index contributed by atoms with van der Waals surface area (Å²) < 4.78 is 0. The summed E-state index contributed by atoms with van der Waals surface area (Å²) in [6.45, 7) is 1.08. The maximum atomic E-state index is 9.00. The van der Waals surface area contributed by atoms with E-state index in [0.717, 1.165) is 30.8 Å². The third-order valence-electron chi connectivity index (χ3n) is 6.63. The fraction of sp³-hybridized carbons (Fsp3) is 0.947. The third-order valence-corrected chi connectivity index (χ3v) is 6.63. The molecule has 0 aromatic rings. The first kappa shape index (κ1) is 17.2. The molecule has 0 aromatic carbocycles. The van der Waals surface area contributed by atoms with Gasteiger partial charge in [-0.2, -0.15) is 0 Å². The highest BCUT2D eigenvalue weighted by Gasteiger charge is 2.49. The van der Waals surface area contributed by atoms with E-state index in [0.29, 0.717) is 0 Å². The lowest BCUT2D eigenvalue weighted by Gasteiger charge is -2.59. The molecule has 23 heavy (non-hydrogen) atoms. The van der Waals surface area contributed by atoms with Crippen molar-refractivity contribution in [2.24, 2.45) is 17.6 Å². The maximum absolute atomic E-state index is 9.00. The molecule has 0 unspecified atom stereocenters. The summed E-state index contributed by atoms with van der Waals surface area (Å²) >= 11 is 0. The number of aliphatic carboxylic acids is 1. The highest BCUT2D eigenvalue weighted by molar-refractivity contribution is 5.62.